The van der Waals surface area contributed by atoms with Crippen LogP contribution in [0.4, 0.5) is 13.2 Å². The first-order chi connectivity index (χ1) is 10.6. The van der Waals surface area contributed by atoms with Crippen molar-refractivity contribution in [3.8, 4) is 11.6 Å². The summed E-state index contributed by atoms with van der Waals surface area (Å²) in [4.78, 5) is 3.98. The summed E-state index contributed by atoms with van der Waals surface area (Å²) in [6.45, 7) is 0.468. The van der Waals surface area contributed by atoms with E-state index in [4.69, 9.17) is 9.47 Å². The second-order valence-electron chi connectivity index (χ2n) is 4.29. The predicted octanol–water partition coefficient (Wildman–Crippen LogP) is 4.11. The van der Waals surface area contributed by atoms with Crippen molar-refractivity contribution >= 4 is 0 Å². The molecule has 0 spiro atoms. The van der Waals surface area contributed by atoms with Gasteiger partial charge >= 0.3 is 6.18 Å². The van der Waals surface area contributed by atoms with Crippen LogP contribution in [0.3, 0.4) is 0 Å². The Bertz CT molecular complexity index is 612. The average molecular weight is 309 g/mol. The highest BCUT2D eigenvalue weighted by Gasteiger charge is 2.30. The molecule has 0 aliphatic heterocycles. The quantitative estimate of drug-likeness (QED) is 0.752. The molecule has 0 saturated heterocycles. The number of nitrogens with zero attached hydrogens (tertiary/aromatic N) is 1. The van der Waals surface area contributed by atoms with Crippen molar-refractivity contribution in [3.63, 3.8) is 0 Å². The molecule has 6 heteroatoms. The summed E-state index contributed by atoms with van der Waals surface area (Å²) in [7, 11) is 0. The van der Waals surface area contributed by atoms with Gasteiger partial charge in [-0.15, -0.1) is 0 Å². The molecular formula is C16H14F3NO2. The van der Waals surface area contributed by atoms with Crippen LogP contribution in [0.25, 0.3) is 0 Å². The number of halogens is 3. The summed E-state index contributed by atoms with van der Waals surface area (Å²) in [5, 5.41) is 0. The summed E-state index contributed by atoms with van der Waals surface area (Å²) < 4.78 is 48.1. The number of alkyl halides is 3. The zero-order valence-corrected chi connectivity index (χ0v) is 11.6. The van der Waals surface area contributed by atoms with Crippen molar-refractivity contribution in [2.24, 2.45) is 0 Å². The van der Waals surface area contributed by atoms with Crippen molar-refractivity contribution in [3.05, 3.63) is 66.4 Å². The number of aromatic nitrogens is 1. The third-order valence-corrected chi connectivity index (χ3v) is 2.64. The molecule has 0 bridgehead atoms. The average Bonchev–Trinajstić information content (AvgIpc) is 2.51. The molecule has 0 aliphatic rings. The highest BCUT2D eigenvalue weighted by molar-refractivity contribution is 5.30. The summed E-state index contributed by atoms with van der Waals surface area (Å²) in [5.74, 6) is 0.677. The van der Waals surface area contributed by atoms with E-state index < -0.39 is 11.7 Å². The Labute approximate surface area is 126 Å². The van der Waals surface area contributed by atoms with Gasteiger partial charge in [0.25, 0.3) is 0 Å². The number of hydrogen-bond acceptors (Lipinski definition) is 3. The molecule has 1 aromatic heterocycles. The molecular weight excluding hydrogens is 295 g/mol. The number of benzene rings is 1. The van der Waals surface area contributed by atoms with E-state index in [1.54, 1.807) is 30.5 Å². The molecule has 3 nitrogen and oxygen atoms in total. The van der Waals surface area contributed by atoms with Crippen molar-refractivity contribution < 1.29 is 22.6 Å². The van der Waals surface area contributed by atoms with Gasteiger partial charge in [-0.25, -0.2) is 4.98 Å². The van der Waals surface area contributed by atoms with Crippen molar-refractivity contribution in [2.75, 3.05) is 13.2 Å². The highest BCUT2D eigenvalue weighted by Crippen LogP contribution is 2.31. The van der Waals surface area contributed by atoms with Crippen LogP contribution in [0.2, 0.25) is 0 Å². The Morgan fingerprint density at radius 1 is 0.955 bits per heavy atom. The first-order valence-corrected chi connectivity index (χ1v) is 6.54. The topological polar surface area (TPSA) is 31.4 Å². The van der Waals surface area contributed by atoms with Crippen LogP contribution in [-0.2, 0) is 6.18 Å². The SMILES string of the molecule is FC(F)(F)c1cccc(OC/C=C/COc2ccccn2)c1. The smallest absolute Gasteiger partial charge is 0.416 e. The molecule has 0 fully saturated rings. The van der Waals surface area contributed by atoms with E-state index in [2.05, 4.69) is 4.98 Å². The maximum atomic E-state index is 12.5. The van der Waals surface area contributed by atoms with E-state index in [9.17, 15) is 13.2 Å². The second kappa shape index (κ2) is 7.49. The molecule has 0 N–H and O–H groups in total. The number of hydrogen-bond donors (Lipinski definition) is 0. The highest BCUT2D eigenvalue weighted by atomic mass is 19.4. The summed E-state index contributed by atoms with van der Waals surface area (Å²) in [5.41, 5.74) is -0.729. The van der Waals surface area contributed by atoms with Crippen LogP contribution in [-0.4, -0.2) is 18.2 Å². The summed E-state index contributed by atoms with van der Waals surface area (Å²) in [6, 6.07) is 10.1. The maximum Gasteiger partial charge on any atom is 0.416 e. The minimum atomic E-state index is -4.37. The molecule has 0 saturated carbocycles. The number of rotatable bonds is 6. The fourth-order valence-corrected chi connectivity index (χ4v) is 1.61. The van der Waals surface area contributed by atoms with Gasteiger partial charge in [-0.2, -0.15) is 13.2 Å². The minimum absolute atomic E-state index is 0.160. The Morgan fingerprint density at radius 3 is 2.41 bits per heavy atom. The van der Waals surface area contributed by atoms with E-state index >= 15 is 0 Å². The van der Waals surface area contributed by atoms with Crippen molar-refractivity contribution in [2.45, 2.75) is 6.18 Å². The van der Waals surface area contributed by atoms with E-state index in [0.717, 1.165) is 12.1 Å². The largest absolute Gasteiger partial charge is 0.490 e. The lowest BCUT2D eigenvalue weighted by molar-refractivity contribution is -0.137. The van der Waals surface area contributed by atoms with E-state index in [0.29, 0.717) is 12.5 Å². The van der Waals surface area contributed by atoms with Gasteiger partial charge in [0.15, 0.2) is 0 Å². The molecule has 0 aliphatic carbocycles. The van der Waals surface area contributed by atoms with Crippen LogP contribution >= 0.6 is 0 Å². The lowest BCUT2D eigenvalue weighted by Gasteiger charge is -2.09. The van der Waals surface area contributed by atoms with Gasteiger partial charge in [0.2, 0.25) is 5.88 Å². The van der Waals surface area contributed by atoms with Crippen LogP contribution in [0.5, 0.6) is 11.6 Å². The van der Waals surface area contributed by atoms with Crippen LogP contribution in [0.1, 0.15) is 5.56 Å². The van der Waals surface area contributed by atoms with Crippen molar-refractivity contribution in [1.82, 2.24) is 4.98 Å². The Kier molecular flexibility index (Phi) is 5.41. The standard InChI is InChI=1S/C16H14F3NO2/c17-16(18,19)13-6-5-7-14(12-13)21-10-3-4-11-22-15-8-1-2-9-20-15/h1-9,12H,10-11H2/b4-3+. The normalized spacial score (nSPS) is 11.6. The lowest BCUT2D eigenvalue weighted by Crippen LogP contribution is -2.05. The Morgan fingerprint density at radius 2 is 1.73 bits per heavy atom. The predicted molar refractivity (Wildman–Crippen MR) is 75.8 cm³/mol. The summed E-state index contributed by atoms with van der Waals surface area (Å²) >= 11 is 0. The molecule has 0 unspecified atom stereocenters. The fourth-order valence-electron chi connectivity index (χ4n) is 1.61. The molecule has 22 heavy (non-hydrogen) atoms. The minimum Gasteiger partial charge on any atom is -0.490 e. The van der Waals surface area contributed by atoms with Crippen LogP contribution in [0, 0.1) is 0 Å². The lowest BCUT2D eigenvalue weighted by atomic mass is 10.2. The molecule has 1 aromatic carbocycles. The van der Waals surface area contributed by atoms with Gasteiger partial charge in [0.05, 0.1) is 5.56 Å². The molecule has 0 amide bonds. The molecule has 2 aromatic rings. The van der Waals surface area contributed by atoms with Crippen LogP contribution < -0.4 is 9.47 Å². The monoisotopic (exact) mass is 309 g/mol. The first-order valence-electron chi connectivity index (χ1n) is 6.54. The second-order valence-corrected chi connectivity index (χ2v) is 4.29. The molecule has 0 radical (unpaired) electrons. The van der Waals surface area contributed by atoms with E-state index in [1.807, 2.05) is 6.07 Å². The molecule has 2 rings (SSSR count). The Balaban J connectivity index is 1.75. The molecule has 1 heterocycles. The fraction of sp³-hybridized carbons (Fsp3) is 0.188. The van der Waals surface area contributed by atoms with Gasteiger partial charge in [-0.05, 0) is 36.4 Å². The van der Waals surface area contributed by atoms with Gasteiger partial charge in [0, 0.05) is 12.3 Å². The maximum absolute atomic E-state index is 12.5. The zero-order chi connectivity index (χ0) is 15.8. The van der Waals surface area contributed by atoms with Gasteiger partial charge in [-0.1, -0.05) is 12.1 Å². The molecule has 0 atom stereocenters. The van der Waals surface area contributed by atoms with E-state index in [-0.39, 0.29) is 12.4 Å². The summed E-state index contributed by atoms with van der Waals surface area (Å²) in [6.07, 6.45) is 0.632. The number of pyridine rings is 1. The first kappa shape index (κ1) is 15.9. The van der Waals surface area contributed by atoms with Gasteiger partial charge < -0.3 is 9.47 Å². The Hall–Kier alpha value is -2.50. The van der Waals surface area contributed by atoms with Crippen molar-refractivity contribution in [1.29, 1.82) is 0 Å². The zero-order valence-electron chi connectivity index (χ0n) is 11.6. The third-order valence-electron chi connectivity index (χ3n) is 2.64. The van der Waals surface area contributed by atoms with Gasteiger partial charge in [0.1, 0.15) is 19.0 Å². The van der Waals surface area contributed by atoms with E-state index in [1.165, 1.54) is 12.1 Å². The van der Waals surface area contributed by atoms with Gasteiger partial charge in [-0.3, -0.25) is 0 Å². The van der Waals surface area contributed by atoms with Crippen LogP contribution in [0.15, 0.2) is 60.8 Å². The third kappa shape index (κ3) is 5.12. The number of ether oxygens (including phenoxy) is 2. The molecule has 116 valence electrons.